The van der Waals surface area contributed by atoms with Crippen molar-refractivity contribution in [2.45, 2.75) is 19.4 Å². The average Bonchev–Trinajstić information content (AvgIpc) is 2.44. The van der Waals surface area contributed by atoms with Crippen molar-refractivity contribution in [3.05, 3.63) is 29.8 Å². The van der Waals surface area contributed by atoms with Gasteiger partial charge in [-0.1, -0.05) is 18.2 Å². The molecule has 0 spiro atoms. The van der Waals surface area contributed by atoms with Crippen LogP contribution in [0.15, 0.2) is 24.3 Å². The zero-order valence-electron chi connectivity index (χ0n) is 11.3. The van der Waals surface area contributed by atoms with E-state index in [1.54, 1.807) is 4.90 Å². The Morgan fingerprint density at radius 3 is 2.89 bits per heavy atom. The molecule has 4 nitrogen and oxygen atoms in total. The molecule has 2 rings (SSSR count). The number of amides is 2. The van der Waals surface area contributed by atoms with Crippen LogP contribution in [-0.2, 0) is 0 Å². The lowest BCUT2D eigenvalue weighted by Gasteiger charge is -2.36. The number of urea groups is 1. The Kier molecular flexibility index (Phi) is 3.87. The van der Waals surface area contributed by atoms with E-state index in [2.05, 4.69) is 11.4 Å². The summed E-state index contributed by atoms with van der Waals surface area (Å²) in [6.07, 6.45) is 0.955. The molecule has 4 heteroatoms. The summed E-state index contributed by atoms with van der Waals surface area (Å²) < 4.78 is 0. The summed E-state index contributed by atoms with van der Waals surface area (Å²) in [5.41, 5.74) is 2.25. The lowest BCUT2D eigenvalue weighted by Crippen LogP contribution is -2.45. The molecular formula is C14H21N3O. The average molecular weight is 247 g/mol. The van der Waals surface area contributed by atoms with Gasteiger partial charge in [0.2, 0.25) is 0 Å². The van der Waals surface area contributed by atoms with Gasteiger partial charge in [-0.05, 0) is 32.0 Å². The summed E-state index contributed by atoms with van der Waals surface area (Å²) in [7, 11) is 3.81. The Bertz CT molecular complexity index is 433. The number of carbonyl (C=O) groups is 1. The molecule has 1 aliphatic rings. The fourth-order valence-corrected chi connectivity index (χ4v) is 2.40. The van der Waals surface area contributed by atoms with Crippen LogP contribution in [0.1, 0.15) is 24.9 Å². The number of carbonyl (C=O) groups excluding carboxylic acids is 1. The molecule has 98 valence electrons. The fraction of sp³-hybridized carbons (Fsp3) is 0.500. The molecule has 18 heavy (non-hydrogen) atoms. The predicted octanol–water partition coefficient (Wildman–Crippen LogP) is 2.23. The summed E-state index contributed by atoms with van der Waals surface area (Å²) in [5, 5.41) is 3.31. The SMILES string of the molecule is CCN(C)C(=O)N1CCC(NC)c2ccccc21. The van der Waals surface area contributed by atoms with Gasteiger partial charge in [-0.25, -0.2) is 4.79 Å². The van der Waals surface area contributed by atoms with Gasteiger partial charge in [0, 0.05) is 26.2 Å². The molecule has 1 N–H and O–H groups in total. The van der Waals surface area contributed by atoms with Gasteiger partial charge in [0.05, 0.1) is 5.69 Å². The zero-order chi connectivity index (χ0) is 13.1. The Hall–Kier alpha value is -1.55. The number of para-hydroxylation sites is 1. The molecule has 1 aliphatic heterocycles. The summed E-state index contributed by atoms with van der Waals surface area (Å²) in [6.45, 7) is 3.49. The minimum Gasteiger partial charge on any atom is -0.328 e. The van der Waals surface area contributed by atoms with Crippen LogP contribution in [-0.4, -0.2) is 38.1 Å². The molecular weight excluding hydrogens is 226 g/mol. The van der Waals surface area contributed by atoms with E-state index >= 15 is 0 Å². The quantitative estimate of drug-likeness (QED) is 0.870. The van der Waals surface area contributed by atoms with Crippen molar-refractivity contribution in [3.63, 3.8) is 0 Å². The molecule has 0 saturated heterocycles. The van der Waals surface area contributed by atoms with E-state index in [1.165, 1.54) is 5.56 Å². The fourth-order valence-electron chi connectivity index (χ4n) is 2.40. The minimum atomic E-state index is 0.0829. The maximum Gasteiger partial charge on any atom is 0.324 e. The summed E-state index contributed by atoms with van der Waals surface area (Å²) in [4.78, 5) is 15.9. The second-order valence-corrected chi connectivity index (χ2v) is 4.64. The van der Waals surface area contributed by atoms with E-state index in [-0.39, 0.29) is 6.03 Å². The molecule has 2 amide bonds. The number of benzene rings is 1. The molecule has 1 unspecified atom stereocenters. The Morgan fingerprint density at radius 2 is 2.22 bits per heavy atom. The third-order valence-corrected chi connectivity index (χ3v) is 3.62. The van der Waals surface area contributed by atoms with Gasteiger partial charge in [0.15, 0.2) is 0 Å². The van der Waals surface area contributed by atoms with Crippen LogP contribution < -0.4 is 10.2 Å². The Morgan fingerprint density at radius 1 is 1.50 bits per heavy atom. The highest BCUT2D eigenvalue weighted by Gasteiger charge is 2.28. The maximum absolute atomic E-state index is 12.3. The van der Waals surface area contributed by atoms with Gasteiger partial charge in [0.25, 0.3) is 0 Å². The van der Waals surface area contributed by atoms with Crippen molar-refractivity contribution in [2.24, 2.45) is 0 Å². The van der Waals surface area contributed by atoms with Crippen LogP contribution in [0.25, 0.3) is 0 Å². The molecule has 1 aromatic carbocycles. The van der Waals surface area contributed by atoms with Crippen molar-refractivity contribution in [1.82, 2.24) is 10.2 Å². The summed E-state index contributed by atoms with van der Waals surface area (Å²) >= 11 is 0. The van der Waals surface area contributed by atoms with Gasteiger partial charge in [-0.3, -0.25) is 4.90 Å². The first-order valence-corrected chi connectivity index (χ1v) is 6.47. The van der Waals surface area contributed by atoms with Gasteiger partial charge in [-0.2, -0.15) is 0 Å². The first kappa shape index (κ1) is 12.9. The molecule has 1 heterocycles. The van der Waals surface area contributed by atoms with Crippen LogP contribution in [0.4, 0.5) is 10.5 Å². The van der Waals surface area contributed by atoms with Crippen LogP contribution >= 0.6 is 0 Å². The smallest absolute Gasteiger partial charge is 0.324 e. The van der Waals surface area contributed by atoms with Crippen LogP contribution in [0.2, 0.25) is 0 Å². The van der Waals surface area contributed by atoms with E-state index in [0.717, 1.165) is 25.2 Å². The Labute approximate surface area is 109 Å². The van der Waals surface area contributed by atoms with Crippen LogP contribution in [0.3, 0.4) is 0 Å². The number of nitrogens with zero attached hydrogens (tertiary/aromatic N) is 2. The van der Waals surface area contributed by atoms with Crippen molar-refractivity contribution < 1.29 is 4.79 Å². The van der Waals surface area contributed by atoms with Crippen molar-refractivity contribution in [1.29, 1.82) is 0 Å². The maximum atomic E-state index is 12.3. The van der Waals surface area contributed by atoms with Gasteiger partial charge in [-0.15, -0.1) is 0 Å². The second-order valence-electron chi connectivity index (χ2n) is 4.64. The van der Waals surface area contributed by atoms with Crippen molar-refractivity contribution in [3.8, 4) is 0 Å². The number of anilines is 1. The highest BCUT2D eigenvalue weighted by Crippen LogP contribution is 2.33. The minimum absolute atomic E-state index is 0.0829. The molecule has 0 radical (unpaired) electrons. The van der Waals surface area contributed by atoms with Crippen LogP contribution in [0.5, 0.6) is 0 Å². The molecule has 0 aliphatic carbocycles. The summed E-state index contributed by atoms with van der Waals surface area (Å²) in [5.74, 6) is 0. The number of fused-ring (bicyclic) bond motifs is 1. The first-order chi connectivity index (χ1) is 8.69. The molecule has 1 atom stereocenters. The van der Waals surface area contributed by atoms with E-state index in [4.69, 9.17) is 0 Å². The van der Waals surface area contributed by atoms with E-state index in [0.29, 0.717) is 6.04 Å². The van der Waals surface area contributed by atoms with E-state index in [1.807, 2.05) is 44.1 Å². The largest absolute Gasteiger partial charge is 0.328 e. The lowest BCUT2D eigenvalue weighted by molar-refractivity contribution is 0.216. The highest BCUT2D eigenvalue weighted by molar-refractivity contribution is 5.93. The first-order valence-electron chi connectivity index (χ1n) is 6.47. The standard InChI is InChI=1S/C14H21N3O/c1-4-16(3)14(18)17-10-9-12(15-2)11-7-5-6-8-13(11)17/h5-8,12,15H,4,9-10H2,1-3H3. The number of hydrogen-bond donors (Lipinski definition) is 1. The van der Waals surface area contributed by atoms with E-state index in [9.17, 15) is 4.79 Å². The number of nitrogens with one attached hydrogen (secondary N) is 1. The van der Waals surface area contributed by atoms with Gasteiger partial charge in [0.1, 0.15) is 0 Å². The molecule has 0 aromatic heterocycles. The number of rotatable bonds is 2. The monoisotopic (exact) mass is 247 g/mol. The van der Waals surface area contributed by atoms with Gasteiger partial charge >= 0.3 is 6.03 Å². The third-order valence-electron chi connectivity index (χ3n) is 3.62. The lowest BCUT2D eigenvalue weighted by atomic mass is 9.97. The molecule has 1 aromatic rings. The topological polar surface area (TPSA) is 35.6 Å². The number of hydrogen-bond acceptors (Lipinski definition) is 2. The van der Waals surface area contributed by atoms with Crippen molar-refractivity contribution >= 4 is 11.7 Å². The molecule has 0 fully saturated rings. The molecule has 0 bridgehead atoms. The molecule has 0 saturated carbocycles. The highest BCUT2D eigenvalue weighted by atomic mass is 16.2. The predicted molar refractivity (Wildman–Crippen MR) is 73.9 cm³/mol. The van der Waals surface area contributed by atoms with Crippen molar-refractivity contribution in [2.75, 3.05) is 32.1 Å². The normalized spacial score (nSPS) is 18.4. The zero-order valence-corrected chi connectivity index (χ0v) is 11.3. The second kappa shape index (κ2) is 5.40. The van der Waals surface area contributed by atoms with E-state index < -0.39 is 0 Å². The van der Waals surface area contributed by atoms with Gasteiger partial charge < -0.3 is 10.2 Å². The Balaban J connectivity index is 2.33. The third kappa shape index (κ3) is 2.20. The van der Waals surface area contributed by atoms with Crippen LogP contribution in [0, 0.1) is 0 Å². The summed E-state index contributed by atoms with van der Waals surface area (Å²) in [6, 6.07) is 8.57.